The van der Waals surface area contributed by atoms with Gasteiger partial charge in [0.2, 0.25) is 0 Å². The van der Waals surface area contributed by atoms with Crippen molar-refractivity contribution in [3.63, 3.8) is 0 Å². The third kappa shape index (κ3) is 32.1. The van der Waals surface area contributed by atoms with E-state index in [-0.39, 0.29) is 5.84 Å². The largest absolute Gasteiger partial charge is 0.388 e. The standard InChI is InChI=1S/C3H8N2.H4N2/c1-2-3(4)5;1-2/h2H2,1H3,(H3,4,5);1-2H2. The van der Waals surface area contributed by atoms with E-state index in [1.54, 1.807) is 0 Å². The summed E-state index contributed by atoms with van der Waals surface area (Å²) in [5, 5.41) is 6.52. The van der Waals surface area contributed by atoms with Gasteiger partial charge in [-0.2, -0.15) is 0 Å². The van der Waals surface area contributed by atoms with Crippen LogP contribution in [0.25, 0.3) is 0 Å². The molecule has 0 fully saturated rings. The van der Waals surface area contributed by atoms with Crippen molar-refractivity contribution in [2.24, 2.45) is 17.4 Å². The summed E-state index contributed by atoms with van der Waals surface area (Å²) in [7, 11) is 0. The lowest BCUT2D eigenvalue weighted by molar-refractivity contribution is 1.21. The lowest BCUT2D eigenvalue weighted by atomic mass is 10.5. The zero-order valence-electron chi connectivity index (χ0n) is 4.44. The molecule has 4 heteroatoms. The van der Waals surface area contributed by atoms with Crippen molar-refractivity contribution in [1.29, 1.82) is 5.41 Å². The fourth-order valence-corrected chi connectivity index (χ4v) is 0. The van der Waals surface area contributed by atoms with Gasteiger partial charge in [-0.15, -0.1) is 0 Å². The Kier molecular flexibility index (Phi) is 12.4. The maximum atomic E-state index is 6.52. The highest BCUT2D eigenvalue weighted by molar-refractivity contribution is 5.76. The Balaban J connectivity index is 0. The molecule has 0 saturated carbocycles. The molecule has 0 heterocycles. The van der Waals surface area contributed by atoms with Crippen molar-refractivity contribution >= 4 is 5.84 Å². The highest BCUT2D eigenvalue weighted by Gasteiger charge is 1.70. The Morgan fingerprint density at radius 3 is 1.71 bits per heavy atom. The fraction of sp³-hybridized carbons (Fsp3) is 0.667. The molecule has 44 valence electrons. The molecule has 0 aromatic carbocycles. The van der Waals surface area contributed by atoms with Crippen molar-refractivity contribution < 1.29 is 0 Å². The summed E-state index contributed by atoms with van der Waals surface area (Å²) in [6.45, 7) is 1.85. The van der Waals surface area contributed by atoms with E-state index in [4.69, 9.17) is 11.1 Å². The van der Waals surface area contributed by atoms with Gasteiger partial charge in [0.1, 0.15) is 0 Å². The summed E-state index contributed by atoms with van der Waals surface area (Å²) in [6, 6.07) is 0. The number of hydrogen-bond acceptors (Lipinski definition) is 3. The van der Waals surface area contributed by atoms with E-state index in [0.29, 0.717) is 6.42 Å². The van der Waals surface area contributed by atoms with Crippen LogP contribution < -0.4 is 17.4 Å². The molecule has 0 aromatic rings. The van der Waals surface area contributed by atoms with E-state index in [1.807, 2.05) is 6.92 Å². The molecule has 7 heavy (non-hydrogen) atoms. The van der Waals surface area contributed by atoms with Crippen molar-refractivity contribution in [2.45, 2.75) is 13.3 Å². The quantitative estimate of drug-likeness (QED) is 0.151. The van der Waals surface area contributed by atoms with Gasteiger partial charge in [-0.25, -0.2) is 0 Å². The fourth-order valence-electron chi connectivity index (χ4n) is 0. The molecule has 0 amide bonds. The van der Waals surface area contributed by atoms with Gasteiger partial charge in [0.15, 0.2) is 0 Å². The maximum Gasteiger partial charge on any atom is 0.0902 e. The number of amidine groups is 1. The third-order valence-corrected chi connectivity index (χ3v) is 0.381. The first kappa shape index (κ1) is 9.63. The number of hydrogen-bond donors (Lipinski definition) is 4. The Hall–Kier alpha value is -0.610. The molecule has 4 nitrogen and oxygen atoms in total. The van der Waals surface area contributed by atoms with Crippen molar-refractivity contribution in [3.05, 3.63) is 0 Å². The second kappa shape index (κ2) is 9.04. The minimum absolute atomic E-state index is 0.255. The molecule has 0 aliphatic carbocycles. The van der Waals surface area contributed by atoms with E-state index in [2.05, 4.69) is 11.7 Å². The number of nitrogens with two attached hydrogens (primary N) is 3. The van der Waals surface area contributed by atoms with Crippen LogP contribution in [0.3, 0.4) is 0 Å². The van der Waals surface area contributed by atoms with Crippen LogP contribution in [0.4, 0.5) is 0 Å². The molecule has 7 N–H and O–H groups in total. The lowest BCUT2D eigenvalue weighted by Crippen LogP contribution is -2.05. The summed E-state index contributed by atoms with van der Waals surface area (Å²) >= 11 is 0. The van der Waals surface area contributed by atoms with E-state index >= 15 is 0 Å². The maximum absolute atomic E-state index is 6.52. The zero-order chi connectivity index (χ0) is 6.28. The summed E-state index contributed by atoms with van der Waals surface area (Å²) in [5.74, 6) is 8.25. The zero-order valence-corrected chi connectivity index (χ0v) is 4.44. The summed E-state index contributed by atoms with van der Waals surface area (Å²) in [4.78, 5) is 0. The highest BCUT2D eigenvalue weighted by Crippen LogP contribution is 1.64. The summed E-state index contributed by atoms with van der Waals surface area (Å²) < 4.78 is 0. The molecule has 0 saturated heterocycles. The summed E-state index contributed by atoms with van der Waals surface area (Å²) in [6.07, 6.45) is 0.667. The van der Waals surface area contributed by atoms with E-state index < -0.39 is 0 Å². The molecule has 0 aliphatic heterocycles. The average molecular weight is 104 g/mol. The molecule has 0 aromatic heterocycles. The molecule has 0 radical (unpaired) electrons. The Morgan fingerprint density at radius 2 is 1.71 bits per heavy atom. The molecule has 0 rings (SSSR count). The molecule has 0 spiro atoms. The normalized spacial score (nSPS) is 6.14. The van der Waals surface area contributed by atoms with Crippen LogP contribution >= 0.6 is 0 Å². The first-order chi connectivity index (χ1) is 3.27. The van der Waals surface area contributed by atoms with Crippen molar-refractivity contribution in [2.75, 3.05) is 0 Å². The predicted octanol–water partition coefficient (Wildman–Crippen LogP) is -0.849. The molecule has 0 atom stereocenters. The van der Waals surface area contributed by atoms with E-state index in [1.165, 1.54) is 0 Å². The van der Waals surface area contributed by atoms with Crippen LogP contribution in [0, 0.1) is 5.41 Å². The topological polar surface area (TPSA) is 102 Å². The number of hydrazine groups is 1. The van der Waals surface area contributed by atoms with Gasteiger partial charge in [0.05, 0.1) is 5.84 Å². The van der Waals surface area contributed by atoms with Crippen LogP contribution in [0.5, 0.6) is 0 Å². The number of nitrogens with one attached hydrogen (secondary N) is 1. The van der Waals surface area contributed by atoms with Gasteiger partial charge in [-0.3, -0.25) is 17.1 Å². The monoisotopic (exact) mass is 104 g/mol. The molecule has 0 unspecified atom stereocenters. The van der Waals surface area contributed by atoms with Crippen LogP contribution in [-0.2, 0) is 0 Å². The van der Waals surface area contributed by atoms with Gasteiger partial charge in [0.25, 0.3) is 0 Å². The van der Waals surface area contributed by atoms with Gasteiger partial charge in [0, 0.05) is 6.42 Å². The van der Waals surface area contributed by atoms with Crippen LogP contribution in [0.2, 0.25) is 0 Å². The Labute approximate surface area is 43.2 Å². The Bertz CT molecular complexity index is 42.2. The van der Waals surface area contributed by atoms with Gasteiger partial charge in [-0.1, -0.05) is 6.92 Å². The lowest BCUT2D eigenvalue weighted by Gasteiger charge is -1.79. The summed E-state index contributed by atoms with van der Waals surface area (Å²) in [5.41, 5.74) is 4.88. The van der Waals surface area contributed by atoms with Crippen LogP contribution in [0.15, 0.2) is 0 Å². The van der Waals surface area contributed by atoms with Crippen LogP contribution in [-0.4, -0.2) is 5.84 Å². The highest BCUT2D eigenvalue weighted by atomic mass is 15.0. The average Bonchev–Trinajstić information content (AvgIpc) is 1.73. The van der Waals surface area contributed by atoms with Crippen molar-refractivity contribution in [3.8, 4) is 0 Å². The van der Waals surface area contributed by atoms with E-state index in [9.17, 15) is 0 Å². The first-order valence-electron chi connectivity index (χ1n) is 1.93. The molecular weight excluding hydrogens is 92.1 g/mol. The molecule has 0 bridgehead atoms. The van der Waals surface area contributed by atoms with E-state index in [0.717, 1.165) is 0 Å². The third-order valence-electron chi connectivity index (χ3n) is 0.381. The minimum Gasteiger partial charge on any atom is -0.388 e. The molecule has 0 aliphatic rings. The second-order valence-corrected chi connectivity index (χ2v) is 0.879. The second-order valence-electron chi connectivity index (χ2n) is 0.879. The first-order valence-corrected chi connectivity index (χ1v) is 1.93. The SMILES string of the molecule is CCC(=N)N.NN. The Morgan fingerprint density at radius 1 is 1.57 bits per heavy atom. The molecular formula is C3H12N4. The van der Waals surface area contributed by atoms with Gasteiger partial charge in [-0.05, 0) is 0 Å². The smallest absolute Gasteiger partial charge is 0.0902 e. The number of rotatable bonds is 1. The van der Waals surface area contributed by atoms with Crippen LogP contribution in [0.1, 0.15) is 13.3 Å². The van der Waals surface area contributed by atoms with Gasteiger partial charge < -0.3 is 5.73 Å². The van der Waals surface area contributed by atoms with Gasteiger partial charge >= 0.3 is 0 Å². The predicted molar refractivity (Wildman–Crippen MR) is 30.6 cm³/mol. The van der Waals surface area contributed by atoms with Crippen molar-refractivity contribution in [1.82, 2.24) is 0 Å². The minimum atomic E-state index is 0.255.